The number of nitrogens with one attached hydrogen (secondary N) is 2. The highest BCUT2D eigenvalue weighted by Gasteiger charge is 2.25. The second kappa shape index (κ2) is 8.86. The van der Waals surface area contributed by atoms with Crippen LogP contribution in [0.15, 0.2) is 48.0 Å². The van der Waals surface area contributed by atoms with E-state index in [1.165, 1.54) is 6.08 Å². The molecule has 0 saturated carbocycles. The molecular weight excluding hydrogens is 400 g/mol. The summed E-state index contributed by atoms with van der Waals surface area (Å²) in [7, 11) is 0. The Morgan fingerprint density at radius 3 is 2.32 bits per heavy atom. The topological polar surface area (TPSA) is 76.7 Å². The highest BCUT2D eigenvalue weighted by atomic mass is 35.5. The lowest BCUT2D eigenvalue weighted by molar-refractivity contribution is -0.123. The summed E-state index contributed by atoms with van der Waals surface area (Å²) >= 11 is 10.7. The zero-order valence-corrected chi connectivity index (χ0v) is 16.5. The number of ether oxygens (including phenoxy) is 2. The smallest absolute Gasteiger partial charge is 0.263 e. The van der Waals surface area contributed by atoms with Gasteiger partial charge in [-0.3, -0.25) is 20.2 Å². The van der Waals surface area contributed by atoms with Crippen molar-refractivity contribution in [2.45, 2.75) is 13.5 Å². The molecule has 0 aliphatic carbocycles. The zero-order valence-electron chi connectivity index (χ0n) is 15.0. The fraction of sp³-hybridized carbons (Fsp3) is 0.150. The number of thiocarbonyl (C=S) groups is 1. The predicted octanol–water partition coefficient (Wildman–Crippen LogP) is 3.23. The van der Waals surface area contributed by atoms with E-state index in [9.17, 15) is 9.59 Å². The Morgan fingerprint density at radius 2 is 1.68 bits per heavy atom. The van der Waals surface area contributed by atoms with Crippen LogP contribution in [-0.2, 0) is 16.2 Å². The molecule has 2 aromatic carbocycles. The Bertz CT molecular complexity index is 935. The van der Waals surface area contributed by atoms with Crippen molar-refractivity contribution in [1.82, 2.24) is 10.6 Å². The first-order chi connectivity index (χ1) is 13.5. The third kappa shape index (κ3) is 4.88. The van der Waals surface area contributed by atoms with Crippen LogP contribution in [0.5, 0.6) is 11.5 Å². The summed E-state index contributed by atoms with van der Waals surface area (Å²) in [5.74, 6) is -0.0341. The fourth-order valence-electron chi connectivity index (χ4n) is 2.52. The van der Waals surface area contributed by atoms with Crippen LogP contribution in [-0.4, -0.2) is 23.5 Å². The third-order valence-corrected chi connectivity index (χ3v) is 4.29. The number of amides is 2. The second-order valence-electron chi connectivity index (χ2n) is 5.85. The summed E-state index contributed by atoms with van der Waals surface area (Å²) in [4.78, 5) is 24.0. The number of rotatable bonds is 6. The van der Waals surface area contributed by atoms with Crippen molar-refractivity contribution < 1.29 is 19.1 Å². The molecular formula is C20H17ClN2O4S. The van der Waals surface area contributed by atoms with E-state index >= 15 is 0 Å². The van der Waals surface area contributed by atoms with Crippen LogP contribution in [0.1, 0.15) is 18.1 Å². The largest absolute Gasteiger partial charge is 0.490 e. The van der Waals surface area contributed by atoms with Crippen molar-refractivity contribution in [3.63, 3.8) is 0 Å². The van der Waals surface area contributed by atoms with Gasteiger partial charge in [-0.25, -0.2) is 0 Å². The van der Waals surface area contributed by atoms with Crippen molar-refractivity contribution in [3.8, 4) is 11.5 Å². The van der Waals surface area contributed by atoms with Gasteiger partial charge in [0.15, 0.2) is 16.6 Å². The Morgan fingerprint density at radius 1 is 1.00 bits per heavy atom. The molecule has 1 aliphatic heterocycles. The molecule has 1 aliphatic rings. The summed E-state index contributed by atoms with van der Waals surface area (Å²) in [6, 6.07) is 12.5. The normalized spacial score (nSPS) is 13.6. The van der Waals surface area contributed by atoms with E-state index in [0.29, 0.717) is 35.3 Å². The Kier molecular flexibility index (Phi) is 6.28. The third-order valence-electron chi connectivity index (χ3n) is 3.83. The van der Waals surface area contributed by atoms with Crippen molar-refractivity contribution in [2.24, 2.45) is 0 Å². The van der Waals surface area contributed by atoms with E-state index in [0.717, 1.165) is 5.56 Å². The van der Waals surface area contributed by atoms with Crippen LogP contribution in [0.25, 0.3) is 6.08 Å². The lowest BCUT2D eigenvalue weighted by atomic mass is 10.1. The molecule has 2 N–H and O–H groups in total. The van der Waals surface area contributed by atoms with E-state index in [-0.39, 0.29) is 10.7 Å². The van der Waals surface area contributed by atoms with Gasteiger partial charge in [0.1, 0.15) is 12.2 Å². The number of benzene rings is 2. The SMILES string of the molecule is CCOc1ccc(C=C2C(=O)NC(=S)NC2=O)cc1OCc1ccc(Cl)cc1. The average Bonchev–Trinajstić information content (AvgIpc) is 2.66. The zero-order chi connectivity index (χ0) is 20.1. The molecule has 3 rings (SSSR count). The molecule has 144 valence electrons. The van der Waals surface area contributed by atoms with Crippen molar-refractivity contribution >= 4 is 46.8 Å². The maximum absolute atomic E-state index is 12.0. The molecule has 0 unspecified atom stereocenters. The minimum Gasteiger partial charge on any atom is -0.490 e. The van der Waals surface area contributed by atoms with Gasteiger partial charge in [-0.15, -0.1) is 0 Å². The van der Waals surface area contributed by atoms with Gasteiger partial charge in [0.2, 0.25) is 0 Å². The molecule has 1 heterocycles. The molecule has 0 bridgehead atoms. The first-order valence-electron chi connectivity index (χ1n) is 8.48. The van der Waals surface area contributed by atoms with Gasteiger partial charge in [0.25, 0.3) is 11.8 Å². The Labute approximate surface area is 172 Å². The fourth-order valence-corrected chi connectivity index (χ4v) is 2.83. The monoisotopic (exact) mass is 416 g/mol. The molecule has 0 aromatic heterocycles. The van der Waals surface area contributed by atoms with Gasteiger partial charge in [-0.2, -0.15) is 0 Å². The molecule has 2 aromatic rings. The van der Waals surface area contributed by atoms with Gasteiger partial charge >= 0.3 is 0 Å². The lowest BCUT2D eigenvalue weighted by Gasteiger charge is -2.17. The van der Waals surface area contributed by atoms with Crippen LogP contribution in [0.3, 0.4) is 0 Å². The highest BCUT2D eigenvalue weighted by Crippen LogP contribution is 2.30. The summed E-state index contributed by atoms with van der Waals surface area (Å²) in [6.07, 6.45) is 1.47. The van der Waals surface area contributed by atoms with E-state index in [4.69, 9.17) is 33.3 Å². The maximum atomic E-state index is 12.0. The van der Waals surface area contributed by atoms with Crippen LogP contribution in [0.4, 0.5) is 0 Å². The lowest BCUT2D eigenvalue weighted by Crippen LogP contribution is -2.51. The number of halogens is 1. The summed E-state index contributed by atoms with van der Waals surface area (Å²) < 4.78 is 11.5. The molecule has 1 fully saturated rings. The van der Waals surface area contributed by atoms with Crippen molar-refractivity contribution in [2.75, 3.05) is 6.61 Å². The van der Waals surface area contributed by atoms with Crippen LogP contribution >= 0.6 is 23.8 Å². The number of carbonyl (C=O) groups excluding carboxylic acids is 2. The summed E-state index contributed by atoms with van der Waals surface area (Å²) in [5, 5.41) is 5.45. The Hall–Kier alpha value is -2.90. The minimum absolute atomic E-state index is 0.00849. The van der Waals surface area contributed by atoms with Gasteiger partial charge in [0.05, 0.1) is 6.61 Å². The van der Waals surface area contributed by atoms with E-state index in [1.807, 2.05) is 19.1 Å². The number of carbonyl (C=O) groups is 2. The van der Waals surface area contributed by atoms with Gasteiger partial charge < -0.3 is 9.47 Å². The molecule has 1 saturated heterocycles. The van der Waals surface area contributed by atoms with Gasteiger partial charge in [0, 0.05) is 5.02 Å². The first-order valence-corrected chi connectivity index (χ1v) is 9.27. The second-order valence-corrected chi connectivity index (χ2v) is 6.69. The molecule has 6 nitrogen and oxygen atoms in total. The quantitative estimate of drug-likeness (QED) is 0.429. The van der Waals surface area contributed by atoms with Gasteiger partial charge in [-0.05, 0) is 60.6 Å². The van der Waals surface area contributed by atoms with E-state index in [1.54, 1.807) is 30.3 Å². The van der Waals surface area contributed by atoms with Crippen LogP contribution in [0, 0.1) is 0 Å². The first kappa shape index (κ1) is 19.9. The maximum Gasteiger partial charge on any atom is 0.263 e. The molecule has 0 atom stereocenters. The predicted molar refractivity (Wildman–Crippen MR) is 110 cm³/mol. The molecule has 0 spiro atoms. The van der Waals surface area contributed by atoms with Gasteiger partial charge in [-0.1, -0.05) is 29.8 Å². The Balaban J connectivity index is 1.85. The standard InChI is InChI=1S/C20H17ClN2O4S/c1-2-26-16-8-5-13(9-15-18(24)22-20(28)23-19(15)25)10-17(16)27-11-12-3-6-14(21)7-4-12/h3-10H,2,11H2,1H3,(H2,22,23,24,25,28). The van der Waals surface area contributed by atoms with E-state index in [2.05, 4.69) is 10.6 Å². The summed E-state index contributed by atoms with van der Waals surface area (Å²) in [6.45, 7) is 2.66. The van der Waals surface area contributed by atoms with Crippen LogP contribution in [0.2, 0.25) is 5.02 Å². The van der Waals surface area contributed by atoms with Crippen molar-refractivity contribution in [1.29, 1.82) is 0 Å². The van der Waals surface area contributed by atoms with Crippen molar-refractivity contribution in [3.05, 3.63) is 64.2 Å². The molecule has 8 heteroatoms. The summed E-state index contributed by atoms with van der Waals surface area (Å²) in [5.41, 5.74) is 1.51. The minimum atomic E-state index is -0.550. The number of hydrogen-bond donors (Lipinski definition) is 2. The average molecular weight is 417 g/mol. The highest BCUT2D eigenvalue weighted by molar-refractivity contribution is 7.80. The molecule has 2 amide bonds. The molecule has 28 heavy (non-hydrogen) atoms. The van der Waals surface area contributed by atoms with Crippen LogP contribution < -0.4 is 20.1 Å². The molecule has 0 radical (unpaired) electrons. The number of hydrogen-bond acceptors (Lipinski definition) is 5. The van der Waals surface area contributed by atoms with E-state index < -0.39 is 11.8 Å².